The van der Waals surface area contributed by atoms with Gasteiger partial charge in [-0.3, -0.25) is 19.8 Å². The molecule has 0 aliphatic rings. The van der Waals surface area contributed by atoms with E-state index in [9.17, 15) is 14.7 Å². The van der Waals surface area contributed by atoms with Crippen molar-refractivity contribution in [3.8, 4) is 17.0 Å². The quantitative estimate of drug-likeness (QED) is 0.545. The molecular formula is C17H15N5O3. The Morgan fingerprint density at radius 2 is 1.88 bits per heavy atom. The fourth-order valence-corrected chi connectivity index (χ4v) is 2.28. The van der Waals surface area contributed by atoms with Crippen LogP contribution in [0, 0.1) is 0 Å². The normalized spacial score (nSPS) is 10.9. The van der Waals surface area contributed by atoms with Gasteiger partial charge in [0.1, 0.15) is 5.75 Å². The minimum absolute atomic E-state index is 0.0156. The molecule has 2 aromatic carbocycles. The third-order valence-electron chi connectivity index (χ3n) is 3.36. The summed E-state index contributed by atoms with van der Waals surface area (Å²) in [6.45, 7) is 1.41. The number of nitrogens with zero attached hydrogens (tertiary/aromatic N) is 2. The number of aromatic amines is 2. The first-order chi connectivity index (χ1) is 12.0. The van der Waals surface area contributed by atoms with E-state index in [0.717, 1.165) is 0 Å². The first-order valence-electron chi connectivity index (χ1n) is 7.43. The van der Waals surface area contributed by atoms with Crippen LogP contribution in [0.4, 0.5) is 17.1 Å². The molecule has 0 saturated carbocycles. The number of anilines is 1. The molecule has 8 nitrogen and oxygen atoms in total. The standard InChI is InChI=1S/C17H15N5O3/c1-10(23)18-11-5-4-6-12(9-11)19-21-16-15(20-22-17(16)25)13-7-2-3-8-14(13)24/h2-9,24H,1H3,(H,18,23)(H2,20,22,25). The van der Waals surface area contributed by atoms with E-state index in [0.29, 0.717) is 22.6 Å². The molecule has 3 aromatic rings. The number of rotatable bonds is 4. The topological polar surface area (TPSA) is 123 Å². The minimum Gasteiger partial charge on any atom is -0.507 e. The third-order valence-corrected chi connectivity index (χ3v) is 3.36. The summed E-state index contributed by atoms with van der Waals surface area (Å²) in [7, 11) is 0. The summed E-state index contributed by atoms with van der Waals surface area (Å²) >= 11 is 0. The second kappa shape index (κ2) is 6.83. The first kappa shape index (κ1) is 16.2. The Morgan fingerprint density at radius 3 is 2.64 bits per heavy atom. The zero-order chi connectivity index (χ0) is 17.8. The minimum atomic E-state index is -0.458. The Morgan fingerprint density at radius 1 is 1.08 bits per heavy atom. The van der Waals surface area contributed by atoms with Crippen molar-refractivity contribution in [3.05, 3.63) is 58.9 Å². The number of benzene rings is 2. The molecule has 1 heterocycles. The highest BCUT2D eigenvalue weighted by atomic mass is 16.3. The van der Waals surface area contributed by atoms with Gasteiger partial charge < -0.3 is 10.4 Å². The molecule has 0 unspecified atom stereocenters. The van der Waals surface area contributed by atoms with Crippen LogP contribution in [-0.4, -0.2) is 21.2 Å². The highest BCUT2D eigenvalue weighted by Crippen LogP contribution is 2.32. The van der Waals surface area contributed by atoms with Crippen molar-refractivity contribution in [3.63, 3.8) is 0 Å². The van der Waals surface area contributed by atoms with Crippen molar-refractivity contribution in [1.82, 2.24) is 10.2 Å². The average molecular weight is 337 g/mol. The van der Waals surface area contributed by atoms with Gasteiger partial charge in [0, 0.05) is 18.2 Å². The second-order valence-electron chi connectivity index (χ2n) is 5.25. The predicted octanol–water partition coefficient (Wildman–Crippen LogP) is 3.45. The summed E-state index contributed by atoms with van der Waals surface area (Å²) in [5.41, 5.74) is 1.40. The largest absolute Gasteiger partial charge is 0.507 e. The SMILES string of the molecule is CC(=O)Nc1cccc(N=Nc2c(-c3ccccc3O)[nH][nH]c2=O)c1. The van der Waals surface area contributed by atoms with E-state index in [4.69, 9.17) is 0 Å². The Balaban J connectivity index is 1.95. The Hall–Kier alpha value is -3.68. The van der Waals surface area contributed by atoms with Crippen LogP contribution in [0.25, 0.3) is 11.3 Å². The lowest BCUT2D eigenvalue weighted by atomic mass is 10.1. The highest BCUT2D eigenvalue weighted by Gasteiger charge is 2.14. The van der Waals surface area contributed by atoms with E-state index in [1.807, 2.05) is 0 Å². The monoisotopic (exact) mass is 337 g/mol. The van der Waals surface area contributed by atoms with Gasteiger partial charge in [0.2, 0.25) is 5.91 Å². The summed E-state index contributed by atoms with van der Waals surface area (Å²) in [6.07, 6.45) is 0. The number of aromatic nitrogens is 2. The van der Waals surface area contributed by atoms with Crippen molar-refractivity contribution >= 4 is 23.0 Å². The summed E-state index contributed by atoms with van der Waals surface area (Å²) in [4.78, 5) is 23.1. The van der Waals surface area contributed by atoms with Gasteiger partial charge in [0.05, 0.1) is 11.4 Å². The molecule has 4 N–H and O–H groups in total. The molecule has 126 valence electrons. The van der Waals surface area contributed by atoms with Crippen LogP contribution in [0.2, 0.25) is 0 Å². The lowest BCUT2D eigenvalue weighted by molar-refractivity contribution is -0.114. The molecular weight excluding hydrogens is 322 g/mol. The van der Waals surface area contributed by atoms with Gasteiger partial charge in [-0.2, -0.15) is 5.11 Å². The molecule has 1 aromatic heterocycles. The van der Waals surface area contributed by atoms with E-state index in [1.54, 1.807) is 42.5 Å². The molecule has 0 bridgehead atoms. The number of phenolic OH excluding ortho intramolecular Hbond substituents is 1. The highest BCUT2D eigenvalue weighted by molar-refractivity contribution is 5.89. The number of hydrogen-bond donors (Lipinski definition) is 4. The van der Waals surface area contributed by atoms with Gasteiger partial charge in [-0.15, -0.1) is 5.11 Å². The summed E-state index contributed by atoms with van der Waals surface area (Å²) in [6, 6.07) is 13.3. The van der Waals surface area contributed by atoms with Crippen LogP contribution in [0.15, 0.2) is 63.6 Å². The van der Waals surface area contributed by atoms with Gasteiger partial charge in [0.15, 0.2) is 5.69 Å². The second-order valence-corrected chi connectivity index (χ2v) is 5.25. The molecule has 0 aliphatic carbocycles. The fraction of sp³-hybridized carbons (Fsp3) is 0.0588. The number of nitrogens with one attached hydrogen (secondary N) is 3. The Kier molecular flexibility index (Phi) is 4.42. The smallest absolute Gasteiger partial charge is 0.292 e. The van der Waals surface area contributed by atoms with Gasteiger partial charge >= 0.3 is 0 Å². The molecule has 0 radical (unpaired) electrons. The molecule has 0 atom stereocenters. The number of carbonyl (C=O) groups is 1. The van der Waals surface area contributed by atoms with Crippen LogP contribution in [0.5, 0.6) is 5.75 Å². The molecule has 0 spiro atoms. The lowest BCUT2D eigenvalue weighted by Crippen LogP contribution is -2.05. The summed E-state index contributed by atoms with van der Waals surface area (Å²) in [5, 5.41) is 25.8. The van der Waals surface area contributed by atoms with Crippen LogP contribution in [0.3, 0.4) is 0 Å². The zero-order valence-electron chi connectivity index (χ0n) is 13.3. The first-order valence-corrected chi connectivity index (χ1v) is 7.43. The number of para-hydroxylation sites is 1. The van der Waals surface area contributed by atoms with Gasteiger partial charge in [-0.1, -0.05) is 18.2 Å². The summed E-state index contributed by atoms with van der Waals surface area (Å²) < 4.78 is 0. The number of amides is 1. The van der Waals surface area contributed by atoms with E-state index < -0.39 is 5.56 Å². The van der Waals surface area contributed by atoms with E-state index in [1.165, 1.54) is 13.0 Å². The van der Waals surface area contributed by atoms with Gasteiger partial charge in [-0.25, -0.2) is 0 Å². The van der Waals surface area contributed by atoms with Gasteiger partial charge in [0.25, 0.3) is 5.56 Å². The maximum atomic E-state index is 12.0. The molecule has 0 saturated heterocycles. The lowest BCUT2D eigenvalue weighted by Gasteiger charge is -2.02. The molecule has 1 amide bonds. The van der Waals surface area contributed by atoms with E-state index in [2.05, 4.69) is 25.7 Å². The van der Waals surface area contributed by atoms with Crippen LogP contribution in [0.1, 0.15) is 6.92 Å². The van der Waals surface area contributed by atoms with Gasteiger partial charge in [-0.05, 0) is 30.3 Å². The van der Waals surface area contributed by atoms with Crippen molar-refractivity contribution in [1.29, 1.82) is 0 Å². The maximum Gasteiger partial charge on any atom is 0.292 e. The van der Waals surface area contributed by atoms with Crippen molar-refractivity contribution < 1.29 is 9.90 Å². The maximum absolute atomic E-state index is 12.0. The molecule has 3 rings (SSSR count). The molecule has 25 heavy (non-hydrogen) atoms. The Labute approximate surface area is 142 Å². The molecule has 0 aliphatic heterocycles. The summed E-state index contributed by atoms with van der Waals surface area (Å²) in [5.74, 6) is -0.181. The van der Waals surface area contributed by atoms with Crippen LogP contribution in [-0.2, 0) is 4.79 Å². The number of H-pyrrole nitrogens is 2. The van der Waals surface area contributed by atoms with Crippen molar-refractivity contribution in [2.24, 2.45) is 10.2 Å². The predicted molar refractivity (Wildman–Crippen MR) is 93.4 cm³/mol. The van der Waals surface area contributed by atoms with E-state index in [-0.39, 0.29) is 17.3 Å². The number of carbonyl (C=O) groups excluding carboxylic acids is 1. The molecule has 0 fully saturated rings. The average Bonchev–Trinajstić information content (AvgIpc) is 2.94. The number of azo groups is 1. The fourth-order valence-electron chi connectivity index (χ4n) is 2.28. The number of aromatic hydroxyl groups is 1. The Bertz CT molecular complexity index is 1000. The van der Waals surface area contributed by atoms with Crippen molar-refractivity contribution in [2.75, 3.05) is 5.32 Å². The number of hydrogen-bond acceptors (Lipinski definition) is 5. The van der Waals surface area contributed by atoms with Crippen LogP contribution < -0.4 is 10.9 Å². The third kappa shape index (κ3) is 3.63. The molecule has 8 heteroatoms. The zero-order valence-corrected chi connectivity index (χ0v) is 13.3. The van der Waals surface area contributed by atoms with Crippen molar-refractivity contribution in [2.45, 2.75) is 6.92 Å². The van der Waals surface area contributed by atoms with E-state index >= 15 is 0 Å². The number of phenols is 1. The van der Waals surface area contributed by atoms with Crippen LogP contribution >= 0.6 is 0 Å².